The lowest BCUT2D eigenvalue weighted by molar-refractivity contribution is -0.261. The Bertz CT molecular complexity index is 1020. The van der Waals surface area contributed by atoms with E-state index in [0.29, 0.717) is 11.1 Å². The third-order valence-corrected chi connectivity index (χ3v) is 5.37. The molecule has 2 aromatic carbocycles. The van der Waals surface area contributed by atoms with Crippen LogP contribution in [-0.2, 0) is 29.6 Å². The van der Waals surface area contributed by atoms with Gasteiger partial charge in [-0.2, -0.15) is 0 Å². The van der Waals surface area contributed by atoms with Crippen LogP contribution in [0.1, 0.15) is 37.8 Å². The summed E-state index contributed by atoms with van der Waals surface area (Å²) in [5, 5.41) is 19.5. The van der Waals surface area contributed by atoms with Gasteiger partial charge in [-0.05, 0) is 55.2 Å². The largest absolute Gasteiger partial charge is 0.508 e. The lowest BCUT2D eigenvalue weighted by Crippen LogP contribution is -2.62. The monoisotopic (exact) mass is 472 g/mol. The molecule has 0 saturated heterocycles. The Hall–Kier alpha value is -4.12. The molecule has 2 rings (SSSR count). The van der Waals surface area contributed by atoms with Crippen molar-refractivity contribution in [2.24, 2.45) is 22.2 Å². The van der Waals surface area contributed by atoms with E-state index in [1.54, 1.807) is 6.92 Å². The van der Waals surface area contributed by atoms with Crippen molar-refractivity contribution < 1.29 is 34.4 Å². The summed E-state index contributed by atoms with van der Waals surface area (Å²) < 4.78 is 0. The molecule has 0 radical (unpaired) electrons. The molecule has 1 atom stereocenters. The van der Waals surface area contributed by atoms with Crippen molar-refractivity contribution in [1.82, 2.24) is 0 Å². The molecule has 182 valence electrons. The predicted molar refractivity (Wildman–Crippen MR) is 122 cm³/mol. The van der Waals surface area contributed by atoms with Crippen molar-refractivity contribution in [3.63, 3.8) is 0 Å². The van der Waals surface area contributed by atoms with Gasteiger partial charge in [0.2, 0.25) is 0 Å². The number of hydrogen-bond donors (Lipinski definition) is 5. The van der Waals surface area contributed by atoms with Gasteiger partial charge in [0.15, 0.2) is 17.3 Å². The van der Waals surface area contributed by atoms with Crippen molar-refractivity contribution in [3.8, 4) is 11.5 Å². The second-order valence-electron chi connectivity index (χ2n) is 7.88. The van der Waals surface area contributed by atoms with Gasteiger partial charge in [-0.3, -0.25) is 9.79 Å². The van der Waals surface area contributed by atoms with Crippen molar-refractivity contribution in [2.75, 3.05) is 6.54 Å². The van der Waals surface area contributed by atoms with E-state index in [-0.39, 0.29) is 36.8 Å². The first-order chi connectivity index (χ1) is 15.9. The maximum atomic E-state index is 14.1. The average molecular weight is 472 g/mol. The molecule has 0 aliphatic heterocycles. The van der Waals surface area contributed by atoms with E-state index in [2.05, 4.69) is 14.8 Å². The number of ketones is 1. The van der Waals surface area contributed by atoms with Crippen molar-refractivity contribution in [2.45, 2.75) is 37.6 Å². The van der Waals surface area contributed by atoms with Crippen molar-refractivity contribution >= 4 is 23.7 Å². The van der Waals surface area contributed by atoms with E-state index >= 15 is 0 Å². The highest BCUT2D eigenvalue weighted by atomic mass is 17.2. The molecule has 0 heterocycles. The molecule has 11 nitrogen and oxygen atoms in total. The van der Waals surface area contributed by atoms with Crippen molar-refractivity contribution in [1.29, 1.82) is 0 Å². The lowest BCUT2D eigenvalue weighted by atomic mass is 9.66. The molecule has 0 aliphatic rings. The standard InChI is InChI=1S/C23H28N4O7/c1-14(28)33-34-20(32)23(26,12-3-13-27-21(24)25)19(31)22(2,15-4-8-17(29)9-5-15)16-6-10-18(30)11-7-16/h4-11,29-30H,3,12-13,26H2,1-2H3,(H4,24,25,27). The maximum absolute atomic E-state index is 14.1. The molecular weight excluding hydrogens is 444 g/mol. The number of hydrogen-bond acceptors (Lipinski definition) is 9. The molecule has 8 N–H and O–H groups in total. The number of Topliss-reactive ketones (excluding diaryl/α,β-unsaturated/α-hetero) is 1. The number of benzene rings is 2. The predicted octanol–water partition coefficient (Wildman–Crippen LogP) is 0.745. The van der Waals surface area contributed by atoms with Crippen LogP contribution in [0.3, 0.4) is 0 Å². The van der Waals surface area contributed by atoms with Crippen molar-refractivity contribution in [3.05, 3.63) is 59.7 Å². The fourth-order valence-corrected chi connectivity index (χ4v) is 3.51. The van der Waals surface area contributed by atoms with Crippen LogP contribution < -0.4 is 17.2 Å². The summed E-state index contributed by atoms with van der Waals surface area (Å²) in [5.74, 6) is -3.21. The summed E-state index contributed by atoms with van der Waals surface area (Å²) in [6.07, 6.45) is -0.120. The number of carbonyl (C=O) groups excluding carboxylic acids is 3. The highest BCUT2D eigenvalue weighted by Crippen LogP contribution is 2.38. The van der Waals surface area contributed by atoms with Gasteiger partial charge >= 0.3 is 11.9 Å². The smallest absolute Gasteiger partial charge is 0.382 e. The maximum Gasteiger partial charge on any atom is 0.382 e. The summed E-state index contributed by atoms with van der Waals surface area (Å²) in [6, 6.07) is 11.6. The summed E-state index contributed by atoms with van der Waals surface area (Å²) >= 11 is 0. The Kier molecular flexibility index (Phi) is 8.20. The molecular formula is C23H28N4O7. The SMILES string of the molecule is CC(=O)OOC(=O)C(N)(CCCN=C(N)N)C(=O)C(C)(c1ccc(O)cc1)c1ccc(O)cc1. The van der Waals surface area contributed by atoms with Crippen LogP contribution in [0.15, 0.2) is 53.5 Å². The molecule has 34 heavy (non-hydrogen) atoms. The number of rotatable bonds is 9. The van der Waals surface area contributed by atoms with E-state index in [9.17, 15) is 24.6 Å². The van der Waals surface area contributed by atoms with Gasteiger partial charge < -0.3 is 27.4 Å². The summed E-state index contributed by atoms with van der Waals surface area (Å²) in [4.78, 5) is 51.0. The third kappa shape index (κ3) is 5.81. The van der Waals surface area contributed by atoms with E-state index in [1.165, 1.54) is 48.5 Å². The van der Waals surface area contributed by atoms with Crippen LogP contribution in [0.4, 0.5) is 0 Å². The van der Waals surface area contributed by atoms with E-state index in [1.807, 2.05) is 0 Å². The normalized spacial score (nSPS) is 12.8. The van der Waals surface area contributed by atoms with E-state index in [0.717, 1.165) is 6.92 Å². The van der Waals surface area contributed by atoms with Gasteiger partial charge in [0, 0.05) is 13.5 Å². The van der Waals surface area contributed by atoms with Gasteiger partial charge in [0.05, 0.1) is 5.41 Å². The molecule has 0 saturated carbocycles. The zero-order valence-electron chi connectivity index (χ0n) is 18.9. The van der Waals surface area contributed by atoms with Crippen LogP contribution in [0.25, 0.3) is 0 Å². The molecule has 0 aromatic heterocycles. The minimum atomic E-state index is -2.28. The number of carbonyl (C=O) groups is 3. The number of phenols is 2. The van der Waals surface area contributed by atoms with Gasteiger partial charge in [-0.1, -0.05) is 24.3 Å². The summed E-state index contributed by atoms with van der Waals surface area (Å²) in [6.45, 7) is 2.64. The van der Waals surface area contributed by atoms with Crippen LogP contribution in [-0.4, -0.2) is 46.0 Å². The van der Waals surface area contributed by atoms with Gasteiger partial charge in [0.1, 0.15) is 11.5 Å². The molecule has 0 spiro atoms. The van der Waals surface area contributed by atoms with Crippen LogP contribution in [0.5, 0.6) is 11.5 Å². The Morgan fingerprint density at radius 2 is 1.38 bits per heavy atom. The summed E-state index contributed by atoms with van der Waals surface area (Å²) in [5.41, 5.74) is 14.0. The van der Waals surface area contributed by atoms with Crippen LogP contribution >= 0.6 is 0 Å². The molecule has 11 heteroatoms. The van der Waals surface area contributed by atoms with Gasteiger partial charge in [0.25, 0.3) is 0 Å². The molecule has 2 aromatic rings. The molecule has 0 amide bonds. The number of guanidine groups is 1. The average Bonchev–Trinajstić information content (AvgIpc) is 2.79. The Labute approximate surface area is 196 Å². The Balaban J connectivity index is 2.60. The number of nitrogens with zero attached hydrogens (tertiary/aromatic N) is 1. The quantitative estimate of drug-likeness (QED) is 0.0865. The molecule has 0 fully saturated rings. The minimum Gasteiger partial charge on any atom is -0.508 e. The lowest BCUT2D eigenvalue weighted by Gasteiger charge is -2.36. The minimum absolute atomic E-state index is 0.0326. The first kappa shape index (κ1) is 26.1. The molecule has 0 aliphatic carbocycles. The van der Waals surface area contributed by atoms with Crippen LogP contribution in [0.2, 0.25) is 0 Å². The fraction of sp³-hybridized carbons (Fsp3) is 0.304. The fourth-order valence-electron chi connectivity index (χ4n) is 3.51. The zero-order chi connectivity index (χ0) is 25.5. The molecule has 0 bridgehead atoms. The first-order valence-electron chi connectivity index (χ1n) is 10.3. The topological polar surface area (TPSA) is 201 Å². The highest BCUT2D eigenvalue weighted by Gasteiger charge is 2.53. The zero-order valence-corrected chi connectivity index (χ0v) is 18.9. The first-order valence-corrected chi connectivity index (χ1v) is 10.3. The second-order valence-corrected chi connectivity index (χ2v) is 7.88. The number of aliphatic imine (C=N–C) groups is 1. The van der Waals surface area contributed by atoms with Gasteiger partial charge in [-0.25, -0.2) is 19.4 Å². The number of phenolic OH excluding ortho intramolecular Hbond substituents is 2. The molecule has 1 unspecified atom stereocenters. The number of nitrogens with two attached hydrogens (primary N) is 3. The second kappa shape index (κ2) is 10.7. The van der Waals surface area contributed by atoms with E-state index in [4.69, 9.17) is 17.2 Å². The summed E-state index contributed by atoms with van der Waals surface area (Å²) in [7, 11) is 0. The third-order valence-electron chi connectivity index (χ3n) is 5.37. The Morgan fingerprint density at radius 3 is 1.79 bits per heavy atom. The highest BCUT2D eigenvalue weighted by molar-refractivity contribution is 6.14. The van der Waals surface area contributed by atoms with E-state index < -0.39 is 28.7 Å². The van der Waals surface area contributed by atoms with Crippen LogP contribution in [0, 0.1) is 0 Å². The Morgan fingerprint density at radius 1 is 0.912 bits per heavy atom. The number of aromatic hydroxyl groups is 2. The van der Waals surface area contributed by atoms with Gasteiger partial charge in [-0.15, -0.1) is 0 Å².